The Morgan fingerprint density at radius 1 is 1.21 bits per heavy atom. The summed E-state index contributed by atoms with van der Waals surface area (Å²) in [7, 11) is 0. The molecule has 1 nitrogen and oxygen atoms in total. The van der Waals surface area contributed by atoms with Gasteiger partial charge in [0.25, 0.3) is 0 Å². The fourth-order valence-electron chi connectivity index (χ4n) is 4.71. The van der Waals surface area contributed by atoms with Gasteiger partial charge in [0.2, 0.25) is 0 Å². The molecule has 3 fully saturated rings. The van der Waals surface area contributed by atoms with E-state index in [2.05, 4.69) is 20.8 Å². The second kappa shape index (κ2) is 2.55. The van der Waals surface area contributed by atoms with E-state index in [1.54, 1.807) is 0 Å². The molecule has 1 spiro atoms. The van der Waals surface area contributed by atoms with Crippen molar-refractivity contribution in [1.29, 1.82) is 0 Å². The molecule has 0 radical (unpaired) electrons. The number of hydrogen-bond acceptors (Lipinski definition) is 1. The van der Waals surface area contributed by atoms with Crippen molar-refractivity contribution in [3.63, 3.8) is 0 Å². The summed E-state index contributed by atoms with van der Waals surface area (Å²) in [5.74, 6) is 1.84. The van der Waals surface area contributed by atoms with Gasteiger partial charge in [-0.1, -0.05) is 27.2 Å². The normalized spacial score (nSPS) is 44.4. The van der Waals surface area contributed by atoms with E-state index in [9.17, 15) is 0 Å². The van der Waals surface area contributed by atoms with Crippen molar-refractivity contribution in [3.8, 4) is 0 Å². The predicted molar refractivity (Wildman–Crippen MR) is 57.1 cm³/mol. The van der Waals surface area contributed by atoms with Gasteiger partial charge in [-0.2, -0.15) is 0 Å². The van der Waals surface area contributed by atoms with Crippen LogP contribution in [0.25, 0.3) is 0 Å². The smallest absolute Gasteiger partial charge is 0.0666 e. The third-order valence-corrected chi connectivity index (χ3v) is 4.97. The molecule has 1 aliphatic heterocycles. The van der Waals surface area contributed by atoms with E-state index in [1.165, 1.54) is 25.7 Å². The molecule has 14 heavy (non-hydrogen) atoms. The summed E-state index contributed by atoms with van der Waals surface area (Å²) in [6.45, 7) is 8.30. The lowest BCUT2D eigenvalue weighted by molar-refractivity contribution is -0.233. The maximum atomic E-state index is 5.94. The number of rotatable bonds is 0. The summed E-state index contributed by atoms with van der Waals surface area (Å²) in [5.41, 5.74) is 1.12. The SMILES string of the molecule is CC(C)(C)C1C2CCOC2C12CCC2. The van der Waals surface area contributed by atoms with Gasteiger partial charge < -0.3 is 4.74 Å². The highest BCUT2D eigenvalue weighted by Crippen LogP contribution is 2.70. The summed E-state index contributed by atoms with van der Waals surface area (Å²) < 4.78 is 5.94. The Bertz CT molecular complexity index is 246. The first-order valence-electron chi connectivity index (χ1n) is 6.17. The lowest BCUT2D eigenvalue weighted by atomic mass is 9.38. The van der Waals surface area contributed by atoms with Crippen LogP contribution in [0, 0.1) is 22.7 Å². The summed E-state index contributed by atoms with van der Waals surface area (Å²) in [6.07, 6.45) is 6.31. The van der Waals surface area contributed by atoms with Gasteiger partial charge >= 0.3 is 0 Å². The van der Waals surface area contributed by atoms with Crippen molar-refractivity contribution in [2.75, 3.05) is 6.61 Å². The first kappa shape index (κ1) is 9.21. The van der Waals surface area contributed by atoms with Gasteiger partial charge in [0.15, 0.2) is 0 Å². The van der Waals surface area contributed by atoms with Gasteiger partial charge in [0, 0.05) is 12.0 Å². The summed E-state index contributed by atoms with van der Waals surface area (Å²) in [4.78, 5) is 0. The van der Waals surface area contributed by atoms with Crippen LogP contribution in [0.15, 0.2) is 0 Å². The maximum absolute atomic E-state index is 5.94. The Morgan fingerprint density at radius 2 is 1.93 bits per heavy atom. The first-order valence-corrected chi connectivity index (χ1v) is 6.17. The average molecular weight is 194 g/mol. The number of hydrogen-bond donors (Lipinski definition) is 0. The zero-order chi connectivity index (χ0) is 9.97. The molecule has 2 aliphatic carbocycles. The van der Waals surface area contributed by atoms with Crippen molar-refractivity contribution in [2.24, 2.45) is 22.7 Å². The molecule has 3 atom stereocenters. The zero-order valence-electron chi connectivity index (χ0n) is 9.68. The van der Waals surface area contributed by atoms with Gasteiger partial charge in [-0.25, -0.2) is 0 Å². The van der Waals surface area contributed by atoms with Crippen molar-refractivity contribution >= 4 is 0 Å². The molecule has 80 valence electrons. The first-order chi connectivity index (χ1) is 6.56. The standard InChI is InChI=1S/C13H22O/c1-12(2,3)10-9-5-8-14-11(9)13(10)6-4-7-13/h9-11H,4-8H2,1-3H3. The van der Waals surface area contributed by atoms with Crippen LogP contribution >= 0.6 is 0 Å². The highest BCUT2D eigenvalue weighted by molar-refractivity contribution is 5.17. The van der Waals surface area contributed by atoms with Crippen molar-refractivity contribution < 1.29 is 4.74 Å². The second-order valence-corrected chi connectivity index (χ2v) is 6.67. The lowest BCUT2D eigenvalue weighted by Gasteiger charge is -2.67. The highest BCUT2D eigenvalue weighted by Gasteiger charge is 2.68. The molecule has 0 amide bonds. The van der Waals surface area contributed by atoms with Crippen molar-refractivity contribution in [2.45, 2.75) is 52.6 Å². The fraction of sp³-hybridized carbons (Fsp3) is 1.00. The van der Waals surface area contributed by atoms with E-state index in [1.807, 2.05) is 0 Å². The molecule has 0 bridgehead atoms. The average Bonchev–Trinajstić information content (AvgIpc) is 2.27. The molecule has 0 N–H and O–H groups in total. The molecule has 0 aromatic carbocycles. The van der Waals surface area contributed by atoms with E-state index >= 15 is 0 Å². The molecule has 0 aromatic rings. The van der Waals surface area contributed by atoms with Crippen LogP contribution in [0.1, 0.15) is 46.5 Å². The molecule has 3 unspecified atom stereocenters. The number of ether oxygens (including phenoxy) is 1. The Kier molecular flexibility index (Phi) is 1.68. The van der Waals surface area contributed by atoms with Crippen LogP contribution in [0.3, 0.4) is 0 Å². The highest BCUT2D eigenvalue weighted by atomic mass is 16.5. The third kappa shape index (κ3) is 0.900. The molecule has 3 aliphatic rings. The fourth-order valence-corrected chi connectivity index (χ4v) is 4.71. The van der Waals surface area contributed by atoms with Crippen LogP contribution in [0.5, 0.6) is 0 Å². The van der Waals surface area contributed by atoms with E-state index in [0.29, 0.717) is 16.9 Å². The lowest BCUT2D eigenvalue weighted by Crippen LogP contribution is -2.66. The monoisotopic (exact) mass is 194 g/mol. The van der Waals surface area contributed by atoms with Crippen molar-refractivity contribution in [1.82, 2.24) is 0 Å². The second-order valence-electron chi connectivity index (χ2n) is 6.67. The Morgan fingerprint density at radius 3 is 2.43 bits per heavy atom. The predicted octanol–water partition coefficient (Wildman–Crippen LogP) is 3.24. The van der Waals surface area contributed by atoms with E-state index in [-0.39, 0.29) is 0 Å². The molecule has 1 heterocycles. The maximum Gasteiger partial charge on any atom is 0.0666 e. The van der Waals surface area contributed by atoms with Crippen LogP contribution in [-0.2, 0) is 4.74 Å². The van der Waals surface area contributed by atoms with Gasteiger partial charge in [-0.05, 0) is 36.5 Å². The van der Waals surface area contributed by atoms with E-state index in [0.717, 1.165) is 18.4 Å². The van der Waals surface area contributed by atoms with Crippen LogP contribution in [0.4, 0.5) is 0 Å². The Hall–Kier alpha value is -0.0400. The molecule has 1 saturated heterocycles. The molecular formula is C13H22O. The van der Waals surface area contributed by atoms with Gasteiger partial charge in [-0.15, -0.1) is 0 Å². The van der Waals surface area contributed by atoms with Gasteiger partial charge in [0.05, 0.1) is 6.10 Å². The van der Waals surface area contributed by atoms with Crippen LogP contribution in [-0.4, -0.2) is 12.7 Å². The third-order valence-electron chi connectivity index (χ3n) is 4.97. The Balaban J connectivity index is 1.89. The summed E-state index contributed by atoms with van der Waals surface area (Å²) >= 11 is 0. The van der Waals surface area contributed by atoms with E-state index in [4.69, 9.17) is 4.74 Å². The van der Waals surface area contributed by atoms with Gasteiger partial charge in [0.1, 0.15) is 0 Å². The number of fused-ring (bicyclic) bond motifs is 2. The topological polar surface area (TPSA) is 9.23 Å². The minimum Gasteiger partial charge on any atom is -0.377 e. The Labute approximate surface area is 87.2 Å². The minimum absolute atomic E-state index is 0.495. The van der Waals surface area contributed by atoms with E-state index < -0.39 is 0 Å². The van der Waals surface area contributed by atoms with Crippen molar-refractivity contribution in [3.05, 3.63) is 0 Å². The molecule has 1 heteroatoms. The zero-order valence-corrected chi connectivity index (χ0v) is 9.68. The minimum atomic E-state index is 0.495. The molecule has 2 saturated carbocycles. The summed E-state index contributed by atoms with van der Waals surface area (Å²) in [5, 5.41) is 0. The molecular weight excluding hydrogens is 172 g/mol. The van der Waals surface area contributed by atoms with Crippen LogP contribution in [0.2, 0.25) is 0 Å². The van der Waals surface area contributed by atoms with Gasteiger partial charge in [-0.3, -0.25) is 0 Å². The summed E-state index contributed by atoms with van der Waals surface area (Å²) in [6, 6.07) is 0. The largest absolute Gasteiger partial charge is 0.377 e. The molecule has 3 rings (SSSR count). The quantitative estimate of drug-likeness (QED) is 0.575. The van der Waals surface area contributed by atoms with Crippen LogP contribution < -0.4 is 0 Å². The molecule has 0 aromatic heterocycles.